The molecule has 0 aromatic heterocycles. The molecule has 0 unspecified atom stereocenters. The highest BCUT2D eigenvalue weighted by Gasteiger charge is 2.19. The lowest BCUT2D eigenvalue weighted by atomic mass is 9.97. The molecule has 0 spiro atoms. The van der Waals surface area contributed by atoms with E-state index in [4.69, 9.17) is 17.3 Å². The summed E-state index contributed by atoms with van der Waals surface area (Å²) in [5.74, 6) is -0.376. The Morgan fingerprint density at radius 1 is 1.47 bits per heavy atom. The first kappa shape index (κ1) is 14.2. The highest BCUT2D eigenvalue weighted by atomic mass is 35.5. The van der Waals surface area contributed by atoms with Crippen LogP contribution in [-0.2, 0) is 9.59 Å². The second kappa shape index (κ2) is 7.46. The summed E-state index contributed by atoms with van der Waals surface area (Å²) in [5, 5.41) is -0.770. The van der Waals surface area contributed by atoms with E-state index in [2.05, 4.69) is 6.58 Å². The summed E-state index contributed by atoms with van der Waals surface area (Å²) in [7, 11) is 0. The summed E-state index contributed by atoms with van der Waals surface area (Å²) >= 11 is 5.73. The average Bonchev–Trinajstić information content (AvgIpc) is 2.13. The molecule has 0 aliphatic heterocycles. The van der Waals surface area contributed by atoms with E-state index in [0.717, 1.165) is 12.8 Å². The van der Waals surface area contributed by atoms with Gasteiger partial charge in [-0.1, -0.05) is 13.0 Å². The van der Waals surface area contributed by atoms with Gasteiger partial charge in [0.2, 0.25) is 5.91 Å². The highest BCUT2D eigenvalue weighted by molar-refractivity contribution is 6.32. The Kier molecular flexibility index (Phi) is 7.05. The third kappa shape index (κ3) is 7.14. The Hall–Kier alpha value is -0.830. The zero-order valence-corrected chi connectivity index (χ0v) is 9.80. The van der Waals surface area contributed by atoms with Gasteiger partial charge in [0.1, 0.15) is 5.38 Å². The van der Waals surface area contributed by atoms with Gasteiger partial charge in [0, 0.05) is 12.8 Å². The van der Waals surface area contributed by atoms with Gasteiger partial charge in [-0.25, -0.2) is 0 Å². The van der Waals surface area contributed by atoms with Crippen molar-refractivity contribution in [1.82, 2.24) is 0 Å². The molecule has 0 heterocycles. The first-order valence-corrected chi connectivity index (χ1v) is 5.47. The van der Waals surface area contributed by atoms with Crippen molar-refractivity contribution in [2.75, 3.05) is 0 Å². The van der Waals surface area contributed by atoms with Crippen LogP contribution in [0.1, 0.15) is 32.6 Å². The molecule has 0 aromatic carbocycles. The summed E-state index contributed by atoms with van der Waals surface area (Å²) in [6.07, 6.45) is 3.94. The molecule has 0 bridgehead atoms. The number of alkyl halides is 1. The fraction of sp³-hybridized carbons (Fsp3) is 0.636. The molecule has 0 aromatic rings. The van der Waals surface area contributed by atoms with Gasteiger partial charge < -0.3 is 5.73 Å². The number of ketones is 1. The van der Waals surface area contributed by atoms with E-state index in [1.807, 2.05) is 13.0 Å². The van der Waals surface area contributed by atoms with Crippen LogP contribution in [0.4, 0.5) is 0 Å². The van der Waals surface area contributed by atoms with E-state index in [0.29, 0.717) is 6.42 Å². The highest BCUT2D eigenvalue weighted by Crippen LogP contribution is 2.15. The molecule has 2 atom stereocenters. The number of hydrogen-bond donors (Lipinski definition) is 1. The van der Waals surface area contributed by atoms with Crippen molar-refractivity contribution < 1.29 is 9.59 Å². The van der Waals surface area contributed by atoms with Crippen LogP contribution in [0.3, 0.4) is 0 Å². The van der Waals surface area contributed by atoms with Crippen molar-refractivity contribution >= 4 is 23.3 Å². The fourth-order valence-corrected chi connectivity index (χ4v) is 1.51. The van der Waals surface area contributed by atoms with E-state index in [1.54, 1.807) is 0 Å². The van der Waals surface area contributed by atoms with Crippen molar-refractivity contribution in [3.8, 4) is 0 Å². The molecule has 3 nitrogen and oxygen atoms in total. The largest absolute Gasteiger partial charge is 0.370 e. The molecule has 0 fully saturated rings. The van der Waals surface area contributed by atoms with Crippen molar-refractivity contribution in [1.29, 1.82) is 0 Å². The lowest BCUT2D eigenvalue weighted by Crippen LogP contribution is -2.24. The zero-order valence-electron chi connectivity index (χ0n) is 9.04. The summed E-state index contributed by atoms with van der Waals surface area (Å²) in [4.78, 5) is 22.0. The standard InChI is InChI=1S/C11H18ClNO2/c1-3-4-5-8(2)6-10(14)9(12)7-11(13)15/h3,8-9H,1,4-7H2,2H3,(H2,13,15)/t8-,9+/m0/s1. The van der Waals surface area contributed by atoms with Crippen molar-refractivity contribution in [2.24, 2.45) is 11.7 Å². The van der Waals surface area contributed by atoms with Gasteiger partial charge in [-0.2, -0.15) is 0 Å². The van der Waals surface area contributed by atoms with Gasteiger partial charge in [-0.15, -0.1) is 18.2 Å². The maximum atomic E-state index is 11.5. The van der Waals surface area contributed by atoms with E-state index in [9.17, 15) is 9.59 Å². The molecule has 2 N–H and O–H groups in total. The number of hydrogen-bond acceptors (Lipinski definition) is 2. The molecule has 4 heteroatoms. The molecule has 0 saturated heterocycles. The number of primary amides is 1. The lowest BCUT2D eigenvalue weighted by molar-refractivity contribution is -0.123. The fourth-order valence-electron chi connectivity index (χ4n) is 1.27. The monoisotopic (exact) mass is 231 g/mol. The smallest absolute Gasteiger partial charge is 0.219 e. The molecule has 1 amide bonds. The van der Waals surface area contributed by atoms with Crippen LogP contribution >= 0.6 is 11.6 Å². The molecule has 0 saturated carbocycles. The molecule has 86 valence electrons. The first-order valence-electron chi connectivity index (χ1n) is 5.03. The van der Waals surface area contributed by atoms with Gasteiger partial charge in [-0.3, -0.25) is 9.59 Å². The zero-order chi connectivity index (χ0) is 11.8. The SMILES string of the molecule is C=CCC[C@H](C)CC(=O)[C@H](Cl)CC(N)=O. The molecule has 15 heavy (non-hydrogen) atoms. The molecule has 0 aliphatic rings. The van der Waals surface area contributed by atoms with E-state index < -0.39 is 11.3 Å². The Morgan fingerprint density at radius 2 is 2.07 bits per heavy atom. The first-order chi connectivity index (χ1) is 6.97. The quantitative estimate of drug-likeness (QED) is 0.513. The summed E-state index contributed by atoms with van der Waals surface area (Å²) in [5.41, 5.74) is 4.95. The van der Waals surface area contributed by atoms with Crippen LogP contribution in [0, 0.1) is 5.92 Å². The molecular weight excluding hydrogens is 214 g/mol. The number of rotatable bonds is 8. The van der Waals surface area contributed by atoms with Gasteiger partial charge in [0.05, 0.1) is 0 Å². The Balaban J connectivity index is 3.89. The van der Waals surface area contributed by atoms with Crippen LogP contribution in [0.25, 0.3) is 0 Å². The van der Waals surface area contributed by atoms with Crippen LogP contribution < -0.4 is 5.73 Å². The third-order valence-electron chi connectivity index (χ3n) is 2.14. The number of amides is 1. The maximum absolute atomic E-state index is 11.5. The number of halogens is 1. The topological polar surface area (TPSA) is 60.2 Å². The average molecular weight is 232 g/mol. The molecular formula is C11H18ClNO2. The lowest BCUT2D eigenvalue weighted by Gasteiger charge is -2.11. The summed E-state index contributed by atoms with van der Waals surface area (Å²) < 4.78 is 0. The van der Waals surface area contributed by atoms with E-state index in [-0.39, 0.29) is 18.1 Å². The van der Waals surface area contributed by atoms with Crippen LogP contribution in [0.15, 0.2) is 12.7 Å². The van der Waals surface area contributed by atoms with Crippen LogP contribution in [0.2, 0.25) is 0 Å². The minimum Gasteiger partial charge on any atom is -0.370 e. The Morgan fingerprint density at radius 3 is 2.53 bits per heavy atom. The van der Waals surface area contributed by atoms with Gasteiger partial charge in [0.15, 0.2) is 5.78 Å². The van der Waals surface area contributed by atoms with E-state index in [1.165, 1.54) is 0 Å². The van der Waals surface area contributed by atoms with Crippen molar-refractivity contribution in [3.05, 3.63) is 12.7 Å². The van der Waals surface area contributed by atoms with Crippen molar-refractivity contribution in [2.45, 2.75) is 38.0 Å². The minimum absolute atomic E-state index is 0.0748. The number of carbonyl (C=O) groups excluding carboxylic acids is 2. The normalized spacial score (nSPS) is 14.3. The predicted octanol–water partition coefficient (Wildman–Crippen LogP) is 2.03. The van der Waals surface area contributed by atoms with Crippen LogP contribution in [0.5, 0.6) is 0 Å². The predicted molar refractivity (Wildman–Crippen MR) is 61.7 cm³/mol. The van der Waals surface area contributed by atoms with Crippen molar-refractivity contribution in [3.63, 3.8) is 0 Å². The van der Waals surface area contributed by atoms with Gasteiger partial charge in [0.25, 0.3) is 0 Å². The number of allylic oxidation sites excluding steroid dienone is 1. The Labute approximate surface area is 95.7 Å². The number of carbonyl (C=O) groups is 2. The Bertz CT molecular complexity index is 241. The minimum atomic E-state index is -0.770. The second-order valence-corrected chi connectivity index (χ2v) is 4.31. The third-order valence-corrected chi connectivity index (χ3v) is 2.54. The van der Waals surface area contributed by atoms with E-state index >= 15 is 0 Å². The second-order valence-electron chi connectivity index (χ2n) is 3.78. The van der Waals surface area contributed by atoms with Gasteiger partial charge in [-0.05, 0) is 18.8 Å². The van der Waals surface area contributed by atoms with Gasteiger partial charge >= 0.3 is 0 Å². The van der Waals surface area contributed by atoms with Crippen LogP contribution in [-0.4, -0.2) is 17.1 Å². The summed E-state index contributed by atoms with van der Waals surface area (Å²) in [6, 6.07) is 0. The molecule has 0 aliphatic carbocycles. The molecule has 0 radical (unpaired) electrons. The summed E-state index contributed by atoms with van der Waals surface area (Å²) in [6.45, 7) is 5.60. The molecule has 0 rings (SSSR count). The number of nitrogens with two attached hydrogens (primary N) is 1. The maximum Gasteiger partial charge on any atom is 0.219 e. The number of Topliss-reactive ketones (excluding diaryl/α,β-unsaturated/α-hetero) is 1.